The number of hydrogen-bond donors (Lipinski definition) is 1. The van der Waals surface area contributed by atoms with Crippen LogP contribution in [0.25, 0.3) is 0 Å². The van der Waals surface area contributed by atoms with E-state index in [0.717, 1.165) is 19.3 Å². The molecule has 2 amide bonds. The van der Waals surface area contributed by atoms with Crippen LogP contribution < -0.4 is 15.0 Å². The van der Waals surface area contributed by atoms with Gasteiger partial charge in [-0.15, -0.1) is 0 Å². The van der Waals surface area contributed by atoms with E-state index < -0.39 is 15.9 Å². The minimum Gasteiger partial charge on any atom is -0.495 e. The molecule has 170 valence electrons. The molecular formula is C23H27N3O5S. The van der Waals surface area contributed by atoms with Crippen molar-refractivity contribution in [1.29, 1.82) is 0 Å². The summed E-state index contributed by atoms with van der Waals surface area (Å²) in [5.74, 6) is -0.350. The molecule has 0 aromatic heterocycles. The van der Waals surface area contributed by atoms with Gasteiger partial charge >= 0.3 is 0 Å². The molecule has 0 aliphatic carbocycles. The molecule has 2 saturated heterocycles. The molecule has 8 nitrogen and oxygen atoms in total. The van der Waals surface area contributed by atoms with E-state index in [2.05, 4.69) is 5.32 Å². The van der Waals surface area contributed by atoms with Gasteiger partial charge in [-0.1, -0.05) is 18.6 Å². The smallest absolute Gasteiger partial charge is 0.243 e. The molecule has 2 aromatic rings. The number of hydrogen-bond acceptors (Lipinski definition) is 5. The molecule has 1 unspecified atom stereocenters. The average molecular weight is 458 g/mol. The monoisotopic (exact) mass is 457 g/mol. The number of para-hydroxylation sites is 2. The van der Waals surface area contributed by atoms with Gasteiger partial charge in [0.15, 0.2) is 0 Å². The van der Waals surface area contributed by atoms with Crippen LogP contribution in [0, 0.1) is 5.92 Å². The van der Waals surface area contributed by atoms with E-state index in [1.165, 1.54) is 16.4 Å². The SMILES string of the molecule is COc1ccccc1N1CC(C(=O)Nc2ccc(S(=O)(=O)N3CCCCC3)cc2)CC1=O. The topological polar surface area (TPSA) is 96.0 Å². The van der Waals surface area contributed by atoms with Crippen molar-refractivity contribution in [1.82, 2.24) is 4.31 Å². The summed E-state index contributed by atoms with van der Waals surface area (Å²) in [4.78, 5) is 27.1. The number of piperidine rings is 1. The predicted molar refractivity (Wildman–Crippen MR) is 121 cm³/mol. The van der Waals surface area contributed by atoms with E-state index in [1.807, 2.05) is 12.1 Å². The Morgan fingerprint density at radius 2 is 1.72 bits per heavy atom. The van der Waals surface area contributed by atoms with Gasteiger partial charge in [-0.2, -0.15) is 4.31 Å². The lowest BCUT2D eigenvalue weighted by atomic mass is 10.1. The minimum absolute atomic E-state index is 0.102. The molecule has 2 heterocycles. The van der Waals surface area contributed by atoms with Crippen molar-refractivity contribution >= 4 is 33.2 Å². The van der Waals surface area contributed by atoms with Gasteiger partial charge in [-0.05, 0) is 49.2 Å². The van der Waals surface area contributed by atoms with Crippen molar-refractivity contribution in [2.75, 3.05) is 37.0 Å². The quantitative estimate of drug-likeness (QED) is 0.720. The highest BCUT2D eigenvalue weighted by Gasteiger charge is 2.36. The van der Waals surface area contributed by atoms with E-state index in [1.54, 1.807) is 36.3 Å². The molecule has 4 rings (SSSR count). The highest BCUT2D eigenvalue weighted by molar-refractivity contribution is 7.89. The Morgan fingerprint density at radius 3 is 2.41 bits per heavy atom. The molecule has 0 radical (unpaired) electrons. The second kappa shape index (κ2) is 9.30. The van der Waals surface area contributed by atoms with Crippen LogP contribution in [0.4, 0.5) is 11.4 Å². The molecule has 2 aromatic carbocycles. The lowest BCUT2D eigenvalue weighted by molar-refractivity contribution is -0.122. The molecule has 0 spiro atoms. The molecule has 2 fully saturated rings. The maximum Gasteiger partial charge on any atom is 0.243 e. The molecule has 2 aliphatic rings. The first-order valence-electron chi connectivity index (χ1n) is 10.7. The van der Waals surface area contributed by atoms with Crippen LogP contribution in [0.5, 0.6) is 5.75 Å². The van der Waals surface area contributed by atoms with E-state index >= 15 is 0 Å². The van der Waals surface area contributed by atoms with Crippen LogP contribution in [0.15, 0.2) is 53.4 Å². The van der Waals surface area contributed by atoms with Gasteiger partial charge in [0, 0.05) is 31.7 Å². The van der Waals surface area contributed by atoms with Crippen molar-refractivity contribution in [3.63, 3.8) is 0 Å². The van der Waals surface area contributed by atoms with Crippen molar-refractivity contribution in [2.24, 2.45) is 5.92 Å². The largest absolute Gasteiger partial charge is 0.495 e. The summed E-state index contributed by atoms with van der Waals surface area (Å²) in [7, 11) is -1.98. The summed E-state index contributed by atoms with van der Waals surface area (Å²) in [5.41, 5.74) is 1.14. The van der Waals surface area contributed by atoms with Gasteiger partial charge in [-0.3, -0.25) is 9.59 Å². The van der Waals surface area contributed by atoms with Crippen molar-refractivity contribution in [3.05, 3.63) is 48.5 Å². The zero-order chi connectivity index (χ0) is 22.7. The number of benzene rings is 2. The van der Waals surface area contributed by atoms with Crippen LogP contribution >= 0.6 is 0 Å². The lowest BCUT2D eigenvalue weighted by Gasteiger charge is -2.25. The minimum atomic E-state index is -3.52. The van der Waals surface area contributed by atoms with Crippen molar-refractivity contribution in [3.8, 4) is 5.75 Å². The number of anilines is 2. The van der Waals surface area contributed by atoms with E-state index in [9.17, 15) is 18.0 Å². The maximum absolute atomic E-state index is 12.8. The van der Waals surface area contributed by atoms with Crippen molar-refractivity contribution < 1.29 is 22.7 Å². The Bertz CT molecular complexity index is 1090. The second-order valence-electron chi connectivity index (χ2n) is 8.06. The number of nitrogens with zero attached hydrogens (tertiary/aromatic N) is 2. The predicted octanol–water partition coefficient (Wildman–Crippen LogP) is 2.86. The molecule has 1 N–H and O–H groups in total. The van der Waals surface area contributed by atoms with Crippen LogP contribution in [0.1, 0.15) is 25.7 Å². The Kier molecular flexibility index (Phi) is 6.48. The number of amides is 2. The normalized spacial score (nSPS) is 19.7. The Hall–Kier alpha value is -2.91. The van der Waals surface area contributed by atoms with Gasteiger partial charge in [-0.25, -0.2) is 8.42 Å². The van der Waals surface area contributed by atoms with Crippen molar-refractivity contribution in [2.45, 2.75) is 30.6 Å². The van der Waals surface area contributed by atoms with Gasteiger partial charge in [0.1, 0.15) is 5.75 Å². The van der Waals surface area contributed by atoms with E-state index in [-0.39, 0.29) is 29.7 Å². The van der Waals surface area contributed by atoms with Crippen LogP contribution in [-0.4, -0.2) is 51.3 Å². The summed E-state index contributed by atoms with van der Waals surface area (Å²) in [6, 6.07) is 13.4. The van der Waals surface area contributed by atoms with Crippen LogP contribution in [0.3, 0.4) is 0 Å². The zero-order valence-corrected chi connectivity index (χ0v) is 18.8. The number of ether oxygens (including phenoxy) is 1. The third-order valence-electron chi connectivity index (χ3n) is 5.95. The summed E-state index contributed by atoms with van der Waals surface area (Å²) in [5, 5.41) is 2.81. The summed E-state index contributed by atoms with van der Waals surface area (Å²) in [6.07, 6.45) is 2.90. The average Bonchev–Trinajstić information content (AvgIpc) is 3.21. The standard InChI is InChI=1S/C23H27N3O5S/c1-31-21-8-4-3-7-20(21)26-16-17(15-22(26)27)23(28)24-18-9-11-19(12-10-18)32(29,30)25-13-5-2-6-14-25/h3-4,7-12,17H,2,5-6,13-16H2,1H3,(H,24,28). The third kappa shape index (κ3) is 4.49. The molecule has 0 bridgehead atoms. The van der Waals surface area contributed by atoms with Gasteiger partial charge in [0.05, 0.1) is 23.6 Å². The Balaban J connectivity index is 1.41. The Labute approximate surface area is 188 Å². The summed E-state index contributed by atoms with van der Waals surface area (Å²) in [6.45, 7) is 1.34. The van der Waals surface area contributed by atoms with Crippen LogP contribution in [0.2, 0.25) is 0 Å². The number of rotatable bonds is 6. The number of carbonyl (C=O) groups excluding carboxylic acids is 2. The highest BCUT2D eigenvalue weighted by Crippen LogP contribution is 2.33. The first-order chi connectivity index (χ1) is 15.4. The molecule has 1 atom stereocenters. The lowest BCUT2D eigenvalue weighted by Crippen LogP contribution is -2.35. The number of carbonyl (C=O) groups is 2. The van der Waals surface area contributed by atoms with Gasteiger partial charge < -0.3 is 15.0 Å². The highest BCUT2D eigenvalue weighted by atomic mass is 32.2. The van der Waals surface area contributed by atoms with Crippen LogP contribution in [-0.2, 0) is 19.6 Å². The Morgan fingerprint density at radius 1 is 1.03 bits per heavy atom. The fraction of sp³-hybridized carbons (Fsp3) is 0.391. The molecule has 32 heavy (non-hydrogen) atoms. The first-order valence-corrected chi connectivity index (χ1v) is 12.2. The van der Waals surface area contributed by atoms with Gasteiger partial charge in [0.25, 0.3) is 0 Å². The number of methoxy groups -OCH3 is 1. The van der Waals surface area contributed by atoms with E-state index in [0.29, 0.717) is 30.2 Å². The molecule has 2 aliphatic heterocycles. The molecule has 0 saturated carbocycles. The van der Waals surface area contributed by atoms with Gasteiger partial charge in [0.2, 0.25) is 21.8 Å². The fourth-order valence-electron chi connectivity index (χ4n) is 4.18. The maximum atomic E-state index is 12.8. The number of sulfonamides is 1. The molecule has 9 heteroatoms. The first kappa shape index (κ1) is 22.3. The van der Waals surface area contributed by atoms with E-state index in [4.69, 9.17) is 4.74 Å². The summed E-state index contributed by atoms with van der Waals surface area (Å²) >= 11 is 0. The molecular weight excluding hydrogens is 430 g/mol. The summed E-state index contributed by atoms with van der Waals surface area (Å²) < 4.78 is 32.4. The fourth-order valence-corrected chi connectivity index (χ4v) is 5.69. The zero-order valence-electron chi connectivity index (χ0n) is 18.0. The second-order valence-corrected chi connectivity index (χ2v) is 9.99. The number of nitrogens with one attached hydrogen (secondary N) is 1. The third-order valence-corrected chi connectivity index (χ3v) is 7.86.